The van der Waals surface area contributed by atoms with E-state index in [2.05, 4.69) is 15.3 Å². The number of carbonyl (C=O) groups excluding carboxylic acids is 2. The van der Waals surface area contributed by atoms with Crippen LogP contribution in [0.15, 0.2) is 24.5 Å². The van der Waals surface area contributed by atoms with E-state index in [-0.39, 0.29) is 47.0 Å². The Labute approximate surface area is 216 Å². The molecule has 3 N–H and O–H groups in total. The van der Waals surface area contributed by atoms with Crippen LogP contribution in [0.5, 0.6) is 0 Å². The number of hydrogen-bond acceptors (Lipinski definition) is 7. The zero-order valence-corrected chi connectivity index (χ0v) is 20.8. The second-order valence-electron chi connectivity index (χ2n) is 9.22. The predicted octanol–water partition coefficient (Wildman–Crippen LogP) is 4.15. The van der Waals surface area contributed by atoms with E-state index in [1.54, 1.807) is 16.7 Å². The molecule has 1 aromatic carbocycles. The Balaban J connectivity index is 1.59. The first-order valence-corrected chi connectivity index (χ1v) is 12.4. The minimum Gasteiger partial charge on any atom is -0.381 e. The number of Topliss-reactive ketones (excluding diaryl/α,β-unsaturated/α-hetero) is 1. The van der Waals surface area contributed by atoms with E-state index in [9.17, 15) is 27.2 Å². The highest BCUT2D eigenvalue weighted by atomic mass is 35.5. The van der Waals surface area contributed by atoms with Crippen molar-refractivity contribution in [3.05, 3.63) is 40.9 Å². The summed E-state index contributed by atoms with van der Waals surface area (Å²) in [5.74, 6) is -1.89. The van der Waals surface area contributed by atoms with Gasteiger partial charge in [-0.25, -0.2) is 9.97 Å². The Bertz CT molecular complexity index is 1180. The molecule has 3 heterocycles. The summed E-state index contributed by atoms with van der Waals surface area (Å²) in [6.45, 7) is 2.60. The number of alkyl halides is 3. The number of nitrogens with zero attached hydrogens (tertiary/aromatic N) is 4. The number of piperidine rings is 2. The molecule has 8 nitrogen and oxygen atoms in total. The number of amides is 1. The molecule has 13 heteroatoms. The number of carbonyl (C=O) groups is 2. The number of anilines is 3. The Morgan fingerprint density at radius 1 is 1.22 bits per heavy atom. The summed E-state index contributed by atoms with van der Waals surface area (Å²) in [5.41, 5.74) is 4.75. The van der Waals surface area contributed by atoms with Gasteiger partial charge in [0, 0.05) is 42.7 Å². The molecule has 0 radical (unpaired) electrons. The van der Waals surface area contributed by atoms with Gasteiger partial charge in [0.1, 0.15) is 18.2 Å². The van der Waals surface area contributed by atoms with Crippen molar-refractivity contribution in [3.63, 3.8) is 0 Å². The van der Waals surface area contributed by atoms with Gasteiger partial charge in [0.15, 0.2) is 11.6 Å². The lowest BCUT2D eigenvalue weighted by Gasteiger charge is -2.46. The molecule has 0 saturated carbocycles. The van der Waals surface area contributed by atoms with Gasteiger partial charge in [-0.15, -0.1) is 0 Å². The molecular formula is C24H27ClF4N6O2. The van der Waals surface area contributed by atoms with Crippen LogP contribution in [0.25, 0.3) is 0 Å². The smallest absolute Gasteiger partial charge is 0.381 e. The number of nitrogen functional groups attached to an aromatic ring is 1. The minimum atomic E-state index is -4.59. The number of likely N-dealkylation sites (tertiary alicyclic amines) is 1. The number of rotatable bonds is 6. The van der Waals surface area contributed by atoms with Crippen molar-refractivity contribution in [2.24, 2.45) is 5.92 Å². The van der Waals surface area contributed by atoms with Gasteiger partial charge in [-0.2, -0.15) is 17.6 Å². The second-order valence-corrected chi connectivity index (χ2v) is 9.66. The first kappa shape index (κ1) is 26.9. The Hall–Kier alpha value is -3.15. The highest BCUT2D eigenvalue weighted by molar-refractivity contribution is 6.31. The van der Waals surface area contributed by atoms with Crippen LogP contribution in [0.1, 0.15) is 38.2 Å². The summed E-state index contributed by atoms with van der Waals surface area (Å²) in [7, 11) is 0. The van der Waals surface area contributed by atoms with Gasteiger partial charge in [-0.05, 0) is 37.5 Å². The fourth-order valence-corrected chi connectivity index (χ4v) is 5.31. The molecule has 2 aliphatic heterocycles. The van der Waals surface area contributed by atoms with Gasteiger partial charge in [-0.3, -0.25) is 9.59 Å². The van der Waals surface area contributed by atoms with Crippen molar-refractivity contribution in [2.75, 3.05) is 35.6 Å². The van der Waals surface area contributed by atoms with Gasteiger partial charge in [0.05, 0.1) is 11.6 Å². The number of hydrogen-bond donors (Lipinski definition) is 2. The summed E-state index contributed by atoms with van der Waals surface area (Å²) in [5, 5.41) is 2.79. The number of aromatic nitrogens is 2. The van der Waals surface area contributed by atoms with E-state index in [0.29, 0.717) is 32.4 Å². The van der Waals surface area contributed by atoms with E-state index in [0.717, 1.165) is 18.5 Å². The molecule has 2 aromatic rings. The summed E-state index contributed by atoms with van der Waals surface area (Å²) in [4.78, 5) is 37.3. The van der Waals surface area contributed by atoms with Crippen LogP contribution in [0, 0.1) is 11.7 Å². The van der Waals surface area contributed by atoms with E-state index in [1.165, 1.54) is 6.07 Å². The Kier molecular flexibility index (Phi) is 7.77. The number of ketones is 1. The van der Waals surface area contributed by atoms with Crippen LogP contribution in [-0.2, 0) is 15.8 Å². The standard InChI is InChI=1S/C24H27ClF4N6O2/c1-2-19(36)16-5-7-34(22-20(26)21(30)31-12-32-22)11-18(16)35-6-3-4-17(23(35)37)33-15-9-13(24(27,28)29)8-14(25)10-15/h8-10,12,16-18,33H,2-7,11H2,1H3,(H2,30,31,32)/t16-,17?,18-/m0/s1. The van der Waals surface area contributed by atoms with Crippen molar-refractivity contribution >= 4 is 40.6 Å². The third-order valence-electron chi connectivity index (χ3n) is 6.88. The molecule has 4 rings (SSSR count). The van der Waals surface area contributed by atoms with E-state index in [1.807, 2.05) is 0 Å². The van der Waals surface area contributed by atoms with Crippen LogP contribution in [0.2, 0.25) is 5.02 Å². The average molecular weight is 543 g/mol. The van der Waals surface area contributed by atoms with Crippen LogP contribution in [0.3, 0.4) is 0 Å². The van der Waals surface area contributed by atoms with E-state index < -0.39 is 35.6 Å². The highest BCUT2D eigenvalue weighted by Crippen LogP contribution is 2.35. The van der Waals surface area contributed by atoms with Crippen molar-refractivity contribution in [3.8, 4) is 0 Å². The lowest BCUT2D eigenvalue weighted by molar-refractivity contribution is -0.140. The SMILES string of the molecule is CCC(=O)[C@H]1CCN(c2ncnc(N)c2F)C[C@@H]1N1CCCC(Nc2cc(Cl)cc(C(F)(F)F)c2)C1=O. The Morgan fingerprint density at radius 3 is 2.68 bits per heavy atom. The molecule has 2 aliphatic rings. The summed E-state index contributed by atoms with van der Waals surface area (Å²) in [6, 6.07) is 1.67. The number of nitrogens with one attached hydrogen (secondary N) is 1. The second kappa shape index (κ2) is 10.7. The van der Waals surface area contributed by atoms with Crippen LogP contribution < -0.4 is 16.0 Å². The van der Waals surface area contributed by atoms with Crippen LogP contribution in [-0.4, -0.2) is 58.3 Å². The maximum Gasteiger partial charge on any atom is 0.416 e. The highest BCUT2D eigenvalue weighted by Gasteiger charge is 2.43. The molecular weight excluding hydrogens is 516 g/mol. The summed E-state index contributed by atoms with van der Waals surface area (Å²) in [6.07, 6.45) is -1.83. The third-order valence-corrected chi connectivity index (χ3v) is 7.10. The van der Waals surface area contributed by atoms with Crippen molar-refractivity contribution in [1.29, 1.82) is 0 Å². The first-order chi connectivity index (χ1) is 17.5. The largest absolute Gasteiger partial charge is 0.416 e. The summed E-state index contributed by atoms with van der Waals surface area (Å²) >= 11 is 5.90. The van der Waals surface area contributed by atoms with Gasteiger partial charge in [-0.1, -0.05) is 18.5 Å². The molecule has 0 spiro atoms. The molecule has 200 valence electrons. The molecule has 0 aliphatic carbocycles. The number of halogens is 5. The van der Waals surface area contributed by atoms with Gasteiger partial charge >= 0.3 is 6.18 Å². The number of benzene rings is 1. The van der Waals surface area contributed by atoms with Crippen molar-refractivity contribution in [1.82, 2.24) is 14.9 Å². The normalized spacial score (nSPS) is 22.8. The molecule has 0 bridgehead atoms. The predicted molar refractivity (Wildman–Crippen MR) is 131 cm³/mol. The van der Waals surface area contributed by atoms with Crippen LogP contribution >= 0.6 is 11.6 Å². The molecule has 1 amide bonds. The minimum absolute atomic E-state index is 0.00219. The van der Waals surface area contributed by atoms with E-state index in [4.69, 9.17) is 17.3 Å². The first-order valence-electron chi connectivity index (χ1n) is 12.0. The lowest BCUT2D eigenvalue weighted by atomic mass is 9.84. The molecule has 2 saturated heterocycles. The van der Waals surface area contributed by atoms with Crippen LogP contribution in [0.4, 0.5) is 34.9 Å². The zero-order chi connectivity index (χ0) is 26.9. The third kappa shape index (κ3) is 5.73. The monoisotopic (exact) mass is 542 g/mol. The maximum atomic E-state index is 14.7. The molecule has 37 heavy (non-hydrogen) atoms. The Morgan fingerprint density at radius 2 is 1.97 bits per heavy atom. The van der Waals surface area contributed by atoms with Gasteiger partial charge in [0.25, 0.3) is 0 Å². The zero-order valence-electron chi connectivity index (χ0n) is 20.1. The fourth-order valence-electron chi connectivity index (χ4n) is 5.07. The maximum absolute atomic E-state index is 14.7. The number of nitrogens with two attached hydrogens (primary N) is 1. The molecule has 1 unspecified atom stereocenters. The fraction of sp³-hybridized carbons (Fsp3) is 0.500. The molecule has 2 fully saturated rings. The van der Waals surface area contributed by atoms with Gasteiger partial charge in [0.2, 0.25) is 11.7 Å². The summed E-state index contributed by atoms with van der Waals surface area (Å²) < 4.78 is 54.4. The van der Waals surface area contributed by atoms with Gasteiger partial charge < -0.3 is 20.9 Å². The molecule has 3 atom stereocenters. The average Bonchev–Trinajstić information content (AvgIpc) is 2.85. The topological polar surface area (TPSA) is 104 Å². The quantitative estimate of drug-likeness (QED) is 0.528. The molecule has 1 aromatic heterocycles. The lowest BCUT2D eigenvalue weighted by Crippen LogP contribution is -2.61. The van der Waals surface area contributed by atoms with E-state index >= 15 is 0 Å². The van der Waals surface area contributed by atoms with Crippen molar-refractivity contribution in [2.45, 2.75) is 50.9 Å². The van der Waals surface area contributed by atoms with Crippen molar-refractivity contribution < 1.29 is 27.2 Å².